The molecule has 0 saturated heterocycles. The first kappa shape index (κ1) is 54.6. The zero-order chi connectivity index (χ0) is 41.7. The van der Waals surface area contributed by atoms with Crippen LogP contribution in [-0.4, -0.2) is 41.6 Å². The lowest BCUT2D eigenvalue weighted by Gasteiger charge is -2.15. The van der Waals surface area contributed by atoms with Gasteiger partial charge in [0.1, 0.15) is 12.1 Å². The summed E-state index contributed by atoms with van der Waals surface area (Å²) >= 11 is 0. The van der Waals surface area contributed by atoms with E-state index in [1.807, 2.05) is 0 Å². The molecule has 4 N–H and O–H groups in total. The van der Waals surface area contributed by atoms with E-state index in [0.717, 1.165) is 51.4 Å². The summed E-state index contributed by atoms with van der Waals surface area (Å²) < 4.78 is 5.95. The number of carbonyl (C=O) groups excluding carboxylic acids is 2. The van der Waals surface area contributed by atoms with Gasteiger partial charge < -0.3 is 20.9 Å². The number of rotatable bonds is 44. The first-order valence-electron chi connectivity index (χ1n) is 24.3. The summed E-state index contributed by atoms with van der Waals surface area (Å²) in [6.45, 7) is 4.92. The Morgan fingerprint density at radius 3 is 1.46 bits per heavy atom. The second-order valence-corrected chi connectivity index (χ2v) is 16.5. The van der Waals surface area contributed by atoms with Gasteiger partial charge in [-0.05, 0) is 96.1 Å². The number of carboxylic acid groups (broad SMARTS) is 1. The molecule has 0 aromatic carbocycles. The van der Waals surface area contributed by atoms with Crippen molar-refractivity contribution in [1.29, 1.82) is 0 Å². The molecule has 7 nitrogen and oxygen atoms in total. The Kier molecular flexibility index (Phi) is 42.8. The maximum absolute atomic E-state index is 12.8. The van der Waals surface area contributed by atoms with E-state index < -0.39 is 12.0 Å². The molecule has 2 atom stereocenters. The predicted octanol–water partition coefficient (Wildman–Crippen LogP) is 14.2. The minimum absolute atomic E-state index is 0.0873. The third-order valence-corrected chi connectivity index (χ3v) is 10.9. The Hall–Kier alpha value is -2.41. The SMILES string of the molecule is CCCCCCC/C=C\C/C=C\CCCCCCCCCCCCCC(=O)OC(/C=C\CCCCCCCCC)CCCCCCC(=O)NC(CCCN)C(=O)O. The highest BCUT2D eigenvalue weighted by atomic mass is 16.5. The van der Waals surface area contributed by atoms with E-state index in [-0.39, 0.29) is 18.0 Å². The topological polar surface area (TPSA) is 119 Å². The second kappa shape index (κ2) is 44.7. The van der Waals surface area contributed by atoms with E-state index in [1.165, 1.54) is 148 Å². The Morgan fingerprint density at radius 2 is 0.965 bits per heavy atom. The number of unbranched alkanes of at least 4 members (excludes halogenated alkanes) is 26. The van der Waals surface area contributed by atoms with Crippen LogP contribution >= 0.6 is 0 Å². The number of esters is 1. The second-order valence-electron chi connectivity index (χ2n) is 16.5. The molecule has 0 aliphatic heterocycles. The molecule has 57 heavy (non-hydrogen) atoms. The molecule has 0 fully saturated rings. The Morgan fingerprint density at radius 1 is 0.526 bits per heavy atom. The van der Waals surface area contributed by atoms with Crippen molar-refractivity contribution in [2.75, 3.05) is 6.54 Å². The summed E-state index contributed by atoms with van der Waals surface area (Å²) in [5.74, 6) is -1.32. The molecular weight excluding hydrogens is 709 g/mol. The minimum atomic E-state index is -1.01. The van der Waals surface area contributed by atoms with E-state index in [2.05, 4.69) is 55.6 Å². The molecule has 0 saturated carbocycles. The Labute approximate surface area is 352 Å². The van der Waals surface area contributed by atoms with E-state index in [9.17, 15) is 19.5 Å². The van der Waals surface area contributed by atoms with Gasteiger partial charge >= 0.3 is 11.9 Å². The maximum atomic E-state index is 12.8. The minimum Gasteiger partial charge on any atom is -0.480 e. The number of nitrogens with one attached hydrogen (secondary N) is 1. The van der Waals surface area contributed by atoms with Gasteiger partial charge in [-0.15, -0.1) is 0 Å². The number of allylic oxidation sites excluding steroid dienone is 5. The Balaban J connectivity index is 4.14. The zero-order valence-electron chi connectivity index (χ0n) is 37.4. The summed E-state index contributed by atoms with van der Waals surface area (Å²) in [6, 6.07) is -0.870. The average molecular weight is 801 g/mol. The molecule has 7 heteroatoms. The number of nitrogens with two attached hydrogens (primary N) is 1. The van der Waals surface area contributed by atoms with E-state index in [0.29, 0.717) is 38.6 Å². The van der Waals surface area contributed by atoms with E-state index in [1.54, 1.807) is 0 Å². The third-order valence-electron chi connectivity index (χ3n) is 10.9. The number of amides is 1. The first-order valence-corrected chi connectivity index (χ1v) is 24.3. The molecule has 0 aliphatic carbocycles. The van der Waals surface area contributed by atoms with Crippen LogP contribution in [0.1, 0.15) is 245 Å². The number of hydrogen-bond donors (Lipinski definition) is 3. The van der Waals surface area contributed by atoms with Crippen molar-refractivity contribution in [3.8, 4) is 0 Å². The molecule has 0 aromatic heterocycles. The van der Waals surface area contributed by atoms with Gasteiger partial charge in [0.15, 0.2) is 0 Å². The van der Waals surface area contributed by atoms with Crippen molar-refractivity contribution in [3.05, 3.63) is 36.5 Å². The summed E-state index contributed by atoms with van der Waals surface area (Å²) in [7, 11) is 0. The normalized spacial score (nSPS) is 12.9. The van der Waals surface area contributed by atoms with Crippen LogP contribution in [0.3, 0.4) is 0 Å². The molecule has 332 valence electrons. The van der Waals surface area contributed by atoms with Crippen molar-refractivity contribution in [2.45, 2.75) is 257 Å². The third kappa shape index (κ3) is 41.5. The van der Waals surface area contributed by atoms with Crippen LogP contribution in [0, 0.1) is 0 Å². The van der Waals surface area contributed by atoms with Crippen LogP contribution in [0.4, 0.5) is 0 Å². The molecule has 0 radical (unpaired) electrons. The van der Waals surface area contributed by atoms with Crippen LogP contribution in [0.25, 0.3) is 0 Å². The van der Waals surface area contributed by atoms with Gasteiger partial charge in [0.25, 0.3) is 0 Å². The fourth-order valence-electron chi connectivity index (χ4n) is 7.21. The molecule has 0 aromatic rings. The highest BCUT2D eigenvalue weighted by Gasteiger charge is 2.19. The van der Waals surface area contributed by atoms with Crippen LogP contribution in [0.2, 0.25) is 0 Å². The van der Waals surface area contributed by atoms with Gasteiger partial charge in [-0.3, -0.25) is 9.59 Å². The van der Waals surface area contributed by atoms with Crippen LogP contribution < -0.4 is 11.1 Å². The largest absolute Gasteiger partial charge is 0.480 e. The summed E-state index contributed by atoms with van der Waals surface area (Å²) in [6.07, 6.45) is 53.6. The van der Waals surface area contributed by atoms with Crippen LogP contribution in [0.15, 0.2) is 36.5 Å². The summed E-state index contributed by atoms with van der Waals surface area (Å²) in [5.41, 5.74) is 5.49. The van der Waals surface area contributed by atoms with Gasteiger partial charge in [0.05, 0.1) is 0 Å². The van der Waals surface area contributed by atoms with Crippen LogP contribution in [-0.2, 0) is 19.1 Å². The monoisotopic (exact) mass is 801 g/mol. The van der Waals surface area contributed by atoms with Gasteiger partial charge in [-0.1, -0.05) is 179 Å². The molecule has 0 heterocycles. The molecule has 2 unspecified atom stereocenters. The number of carbonyl (C=O) groups is 3. The zero-order valence-corrected chi connectivity index (χ0v) is 37.4. The van der Waals surface area contributed by atoms with Crippen molar-refractivity contribution >= 4 is 17.8 Å². The van der Waals surface area contributed by atoms with Crippen molar-refractivity contribution in [2.24, 2.45) is 5.73 Å². The van der Waals surface area contributed by atoms with Gasteiger partial charge in [0, 0.05) is 12.8 Å². The average Bonchev–Trinajstić information content (AvgIpc) is 3.20. The van der Waals surface area contributed by atoms with Crippen molar-refractivity contribution in [1.82, 2.24) is 5.32 Å². The Bertz CT molecular complexity index is 993. The molecule has 0 spiro atoms. The number of aliphatic carboxylic acids is 1. The molecule has 0 aliphatic rings. The summed E-state index contributed by atoms with van der Waals surface area (Å²) in [4.78, 5) is 36.4. The van der Waals surface area contributed by atoms with Gasteiger partial charge in [0.2, 0.25) is 5.91 Å². The predicted molar refractivity (Wildman–Crippen MR) is 243 cm³/mol. The molecular formula is C50H92N2O5. The lowest BCUT2D eigenvalue weighted by Crippen LogP contribution is -2.40. The van der Waals surface area contributed by atoms with Gasteiger partial charge in [-0.25, -0.2) is 4.79 Å². The fourth-order valence-corrected chi connectivity index (χ4v) is 7.21. The summed E-state index contributed by atoms with van der Waals surface area (Å²) in [5, 5.41) is 12.0. The molecule has 0 bridgehead atoms. The number of hydrogen-bond acceptors (Lipinski definition) is 5. The van der Waals surface area contributed by atoms with Crippen LogP contribution in [0.5, 0.6) is 0 Å². The highest BCUT2D eigenvalue weighted by Crippen LogP contribution is 2.16. The standard InChI is InChI=1S/C50H92N2O5/c1-3-5-7-9-11-13-14-15-16-17-18-19-20-21-22-23-24-25-26-28-30-32-38-44-49(54)57-46(40-35-31-29-27-12-10-8-6-4-2)41-36-33-34-37-43-48(53)52-47(50(55)56)42-39-45-51/h14-15,17-18,35,40,46-47H,3-13,16,19-34,36-39,41-45,51H2,1-2H3,(H,52,53)(H,55,56)/b15-14-,18-17-,40-35-. The number of carboxylic acids is 1. The quantitative estimate of drug-likeness (QED) is 0.0321. The fraction of sp³-hybridized carbons (Fsp3) is 0.820. The van der Waals surface area contributed by atoms with E-state index >= 15 is 0 Å². The van der Waals surface area contributed by atoms with Crippen molar-refractivity contribution in [3.63, 3.8) is 0 Å². The first-order chi connectivity index (χ1) is 27.9. The molecule has 0 rings (SSSR count). The smallest absolute Gasteiger partial charge is 0.326 e. The number of ether oxygens (including phenoxy) is 1. The lowest BCUT2D eigenvalue weighted by atomic mass is 10.0. The maximum Gasteiger partial charge on any atom is 0.326 e. The molecule has 1 amide bonds. The van der Waals surface area contributed by atoms with E-state index in [4.69, 9.17) is 10.5 Å². The highest BCUT2D eigenvalue weighted by molar-refractivity contribution is 5.83. The van der Waals surface area contributed by atoms with Gasteiger partial charge in [-0.2, -0.15) is 0 Å². The van der Waals surface area contributed by atoms with Crippen molar-refractivity contribution < 1.29 is 24.2 Å². The lowest BCUT2D eigenvalue weighted by molar-refractivity contribution is -0.147.